The minimum atomic E-state index is -1.95. The smallest absolute Gasteiger partial charge is 0.255 e. The summed E-state index contributed by atoms with van der Waals surface area (Å²) in [5, 5.41) is 11.8. The Bertz CT molecular complexity index is 864. The van der Waals surface area contributed by atoms with Gasteiger partial charge >= 0.3 is 0 Å². The number of rotatable bonds is 4. The minimum Gasteiger partial charge on any atom is -0.543 e. The molecule has 2 rings (SSSR count). The van der Waals surface area contributed by atoms with Crippen molar-refractivity contribution in [3.05, 3.63) is 53.6 Å². The van der Waals surface area contributed by atoms with Gasteiger partial charge in [0.2, 0.25) is 8.32 Å². The topological polar surface area (TPSA) is 88.1 Å². The Hall–Kier alpha value is -2.78. The van der Waals surface area contributed by atoms with E-state index in [1.807, 2.05) is 12.1 Å². The molecule has 2 aromatic rings. The van der Waals surface area contributed by atoms with Crippen molar-refractivity contribution in [3.8, 4) is 11.8 Å². The molecule has 1 amide bonds. The third-order valence-corrected chi connectivity index (χ3v) is 9.06. The van der Waals surface area contributed by atoms with Crippen LogP contribution in [0, 0.1) is 11.3 Å². The van der Waals surface area contributed by atoms with Crippen molar-refractivity contribution in [2.45, 2.75) is 38.9 Å². The van der Waals surface area contributed by atoms with E-state index in [1.54, 1.807) is 36.4 Å². The van der Waals surface area contributed by atoms with E-state index >= 15 is 0 Å². The second-order valence-electron chi connectivity index (χ2n) is 7.76. The number of carbonyl (C=O) groups excluding carboxylic acids is 1. The Morgan fingerprint density at radius 1 is 1.19 bits per heavy atom. The van der Waals surface area contributed by atoms with Crippen molar-refractivity contribution < 1.29 is 9.22 Å². The maximum absolute atomic E-state index is 12.4. The van der Waals surface area contributed by atoms with Crippen molar-refractivity contribution in [1.82, 2.24) is 0 Å². The van der Waals surface area contributed by atoms with Crippen LogP contribution in [0.1, 0.15) is 36.7 Å². The van der Waals surface area contributed by atoms with Gasteiger partial charge in [-0.15, -0.1) is 0 Å². The number of benzene rings is 2. The van der Waals surface area contributed by atoms with Crippen LogP contribution in [0.25, 0.3) is 0 Å². The SMILES string of the molecule is CC(C)(C)[Si](C)(C)Oc1ccc(NC(=O)c2cccc(C#N)c2)c(N)c1. The lowest BCUT2D eigenvalue weighted by molar-refractivity contribution is 0.102. The third-order valence-electron chi connectivity index (χ3n) is 4.70. The van der Waals surface area contributed by atoms with E-state index in [4.69, 9.17) is 15.4 Å². The Morgan fingerprint density at radius 3 is 2.46 bits per heavy atom. The first-order chi connectivity index (χ1) is 12.0. The number of nitrogens with one attached hydrogen (secondary N) is 1. The van der Waals surface area contributed by atoms with Gasteiger partial charge in [-0.25, -0.2) is 0 Å². The molecular weight excluding hydrogens is 342 g/mol. The number of carbonyl (C=O) groups is 1. The largest absolute Gasteiger partial charge is 0.543 e. The maximum atomic E-state index is 12.4. The number of anilines is 2. The molecule has 0 aromatic heterocycles. The van der Waals surface area contributed by atoms with Crippen LogP contribution >= 0.6 is 0 Å². The fourth-order valence-corrected chi connectivity index (χ4v) is 3.11. The highest BCUT2D eigenvalue weighted by Gasteiger charge is 2.39. The number of hydrogen-bond donors (Lipinski definition) is 2. The third kappa shape index (κ3) is 4.44. The Morgan fingerprint density at radius 2 is 1.88 bits per heavy atom. The van der Waals surface area contributed by atoms with Gasteiger partial charge < -0.3 is 15.5 Å². The highest BCUT2D eigenvalue weighted by molar-refractivity contribution is 6.74. The zero-order valence-electron chi connectivity index (χ0n) is 15.9. The van der Waals surface area contributed by atoms with E-state index in [1.165, 1.54) is 0 Å². The highest BCUT2D eigenvalue weighted by Crippen LogP contribution is 2.38. The molecule has 0 aliphatic heterocycles. The van der Waals surface area contributed by atoms with Crippen LogP contribution < -0.4 is 15.5 Å². The first-order valence-electron chi connectivity index (χ1n) is 8.43. The normalized spacial score (nSPS) is 11.5. The molecule has 2 aromatic carbocycles. The fraction of sp³-hybridized carbons (Fsp3) is 0.300. The van der Waals surface area contributed by atoms with Crippen LogP contribution in [-0.4, -0.2) is 14.2 Å². The second kappa shape index (κ2) is 7.22. The van der Waals surface area contributed by atoms with Crippen molar-refractivity contribution in [2.24, 2.45) is 0 Å². The molecule has 26 heavy (non-hydrogen) atoms. The minimum absolute atomic E-state index is 0.0837. The lowest BCUT2D eigenvalue weighted by Crippen LogP contribution is -2.43. The molecule has 6 heteroatoms. The summed E-state index contributed by atoms with van der Waals surface area (Å²) >= 11 is 0. The molecule has 0 unspecified atom stereocenters. The molecule has 0 aliphatic rings. The van der Waals surface area contributed by atoms with Crippen LogP contribution in [-0.2, 0) is 0 Å². The van der Waals surface area contributed by atoms with Gasteiger partial charge in [-0.1, -0.05) is 26.8 Å². The van der Waals surface area contributed by atoms with Gasteiger partial charge in [0.05, 0.1) is 23.0 Å². The van der Waals surface area contributed by atoms with E-state index in [0.29, 0.717) is 28.3 Å². The van der Waals surface area contributed by atoms with Gasteiger partial charge in [0.1, 0.15) is 5.75 Å². The summed E-state index contributed by atoms with van der Waals surface area (Å²) in [6, 6.07) is 13.8. The molecule has 0 spiro atoms. The Balaban J connectivity index is 2.17. The van der Waals surface area contributed by atoms with Gasteiger partial charge in [-0.3, -0.25) is 4.79 Å². The number of nitrogens with zero attached hydrogens (tertiary/aromatic N) is 1. The molecule has 0 atom stereocenters. The van der Waals surface area contributed by atoms with Crippen molar-refractivity contribution in [1.29, 1.82) is 5.26 Å². The molecule has 0 bridgehead atoms. The molecule has 0 fully saturated rings. The Labute approximate surface area is 155 Å². The van der Waals surface area contributed by atoms with Crippen molar-refractivity contribution in [2.75, 3.05) is 11.1 Å². The second-order valence-corrected chi connectivity index (χ2v) is 12.5. The predicted octanol–water partition coefficient (Wildman–Crippen LogP) is 4.78. The lowest BCUT2D eigenvalue weighted by atomic mass is 10.1. The van der Waals surface area contributed by atoms with E-state index in [0.717, 1.165) is 0 Å². The number of nitrogens with two attached hydrogens (primary N) is 1. The standard InChI is InChI=1S/C20H25N3O2Si/c1-20(2,3)26(4,5)25-16-9-10-18(17(22)12-16)23-19(24)15-8-6-7-14(11-15)13-21/h6-12H,22H2,1-5H3,(H,23,24). The van der Waals surface area contributed by atoms with Gasteiger partial charge in [0.15, 0.2) is 0 Å². The summed E-state index contributed by atoms with van der Waals surface area (Å²) in [6.45, 7) is 10.9. The van der Waals surface area contributed by atoms with E-state index in [9.17, 15) is 4.79 Å². The van der Waals surface area contributed by atoms with Gasteiger partial charge in [0.25, 0.3) is 5.91 Å². The van der Waals surface area contributed by atoms with Crippen molar-refractivity contribution >= 4 is 25.6 Å². The maximum Gasteiger partial charge on any atom is 0.255 e. The highest BCUT2D eigenvalue weighted by atomic mass is 28.4. The Kier molecular flexibility index (Phi) is 5.43. The summed E-state index contributed by atoms with van der Waals surface area (Å²) in [6.07, 6.45) is 0. The summed E-state index contributed by atoms with van der Waals surface area (Å²) < 4.78 is 6.23. The van der Waals surface area contributed by atoms with Crippen LogP contribution in [0.5, 0.6) is 5.75 Å². The molecule has 0 saturated carbocycles. The molecule has 136 valence electrons. The monoisotopic (exact) mass is 367 g/mol. The van der Waals surface area contributed by atoms with E-state index in [-0.39, 0.29) is 10.9 Å². The van der Waals surface area contributed by atoms with Crippen LogP contribution in [0.15, 0.2) is 42.5 Å². The quantitative estimate of drug-likeness (QED) is 0.601. The van der Waals surface area contributed by atoms with Gasteiger partial charge in [-0.05, 0) is 48.5 Å². The zero-order chi connectivity index (χ0) is 19.5. The van der Waals surface area contributed by atoms with Crippen LogP contribution in [0.3, 0.4) is 0 Å². The summed E-state index contributed by atoms with van der Waals surface area (Å²) in [4.78, 5) is 12.4. The zero-order valence-corrected chi connectivity index (χ0v) is 16.9. The average molecular weight is 368 g/mol. The van der Waals surface area contributed by atoms with Crippen LogP contribution in [0.4, 0.5) is 11.4 Å². The number of nitriles is 1. The van der Waals surface area contributed by atoms with Gasteiger partial charge in [0, 0.05) is 11.6 Å². The lowest BCUT2D eigenvalue weighted by Gasteiger charge is -2.36. The van der Waals surface area contributed by atoms with E-state index in [2.05, 4.69) is 39.2 Å². The summed E-state index contributed by atoms with van der Waals surface area (Å²) in [5.74, 6) is 0.394. The van der Waals surface area contributed by atoms with E-state index < -0.39 is 8.32 Å². The molecule has 0 saturated heterocycles. The summed E-state index contributed by atoms with van der Waals surface area (Å²) in [5.41, 5.74) is 7.89. The average Bonchev–Trinajstić information content (AvgIpc) is 2.56. The fourth-order valence-electron chi connectivity index (χ4n) is 2.09. The molecule has 0 radical (unpaired) electrons. The predicted molar refractivity (Wildman–Crippen MR) is 108 cm³/mol. The summed E-state index contributed by atoms with van der Waals surface area (Å²) in [7, 11) is -1.95. The van der Waals surface area contributed by atoms with Gasteiger partial charge in [-0.2, -0.15) is 5.26 Å². The molecular formula is C20H25N3O2Si. The van der Waals surface area contributed by atoms with Crippen molar-refractivity contribution in [3.63, 3.8) is 0 Å². The number of amides is 1. The van der Waals surface area contributed by atoms with Crippen LogP contribution in [0.2, 0.25) is 18.1 Å². The molecule has 3 N–H and O–H groups in total. The molecule has 5 nitrogen and oxygen atoms in total. The molecule has 0 heterocycles. The number of nitrogen functional groups attached to an aromatic ring is 1. The first-order valence-corrected chi connectivity index (χ1v) is 11.3. The molecule has 0 aliphatic carbocycles. The number of hydrogen-bond acceptors (Lipinski definition) is 4. The first kappa shape index (κ1) is 19.5.